The predicted molar refractivity (Wildman–Crippen MR) is 238 cm³/mol. The van der Waals surface area contributed by atoms with Gasteiger partial charge in [0.2, 0.25) is 0 Å². The zero-order valence-corrected chi connectivity index (χ0v) is 32.4. The van der Waals surface area contributed by atoms with Crippen LogP contribution < -0.4 is 4.90 Å². The fraction of sp³-hybridized carbons (Fsp3) is 0.164. The van der Waals surface area contributed by atoms with Crippen LogP contribution >= 0.6 is 0 Å². The minimum absolute atomic E-state index is 0.0350. The molecule has 10 rings (SSSR count). The predicted octanol–water partition coefficient (Wildman–Crippen LogP) is 15.7. The highest BCUT2D eigenvalue weighted by Gasteiger charge is 2.35. The van der Waals surface area contributed by atoms with Gasteiger partial charge in [-0.15, -0.1) is 0 Å². The number of rotatable bonds is 7. The molecule has 8 aromatic rings. The molecule has 1 fully saturated rings. The molecule has 0 saturated heterocycles. The summed E-state index contributed by atoms with van der Waals surface area (Å²) in [5.74, 6) is 0.605. The van der Waals surface area contributed by atoms with Gasteiger partial charge in [0.25, 0.3) is 0 Å². The zero-order valence-electron chi connectivity index (χ0n) is 32.4. The van der Waals surface area contributed by atoms with E-state index < -0.39 is 0 Å². The van der Waals surface area contributed by atoms with Crippen LogP contribution in [0.25, 0.3) is 55.3 Å². The van der Waals surface area contributed by atoms with E-state index in [1.807, 2.05) is 0 Å². The Morgan fingerprint density at radius 2 is 0.982 bits per heavy atom. The first-order chi connectivity index (χ1) is 27.5. The largest absolute Gasteiger partial charge is 0.310 e. The van der Waals surface area contributed by atoms with E-state index in [4.69, 9.17) is 0 Å². The maximum Gasteiger partial charge on any atom is 0.0540 e. The highest BCUT2D eigenvalue weighted by molar-refractivity contribution is 6.03. The van der Waals surface area contributed by atoms with Crippen LogP contribution in [0.15, 0.2) is 182 Å². The van der Waals surface area contributed by atoms with Crippen molar-refractivity contribution < 1.29 is 0 Å². The fourth-order valence-corrected chi connectivity index (χ4v) is 9.79. The summed E-state index contributed by atoms with van der Waals surface area (Å²) >= 11 is 0. The van der Waals surface area contributed by atoms with E-state index in [0.717, 1.165) is 11.4 Å². The van der Waals surface area contributed by atoms with Crippen molar-refractivity contribution in [1.82, 2.24) is 0 Å². The van der Waals surface area contributed by atoms with E-state index in [1.165, 1.54) is 110 Å². The summed E-state index contributed by atoms with van der Waals surface area (Å²) in [5.41, 5.74) is 17.9. The van der Waals surface area contributed by atoms with Gasteiger partial charge in [-0.25, -0.2) is 0 Å². The Balaban J connectivity index is 1.10. The van der Waals surface area contributed by atoms with E-state index in [-0.39, 0.29) is 5.41 Å². The van der Waals surface area contributed by atoms with Crippen molar-refractivity contribution in [3.8, 4) is 44.5 Å². The molecule has 0 unspecified atom stereocenters. The van der Waals surface area contributed by atoms with Crippen molar-refractivity contribution in [2.45, 2.75) is 57.3 Å². The monoisotopic (exact) mass is 721 g/mol. The number of para-hydroxylation sites is 1. The lowest BCUT2D eigenvalue weighted by molar-refractivity contribution is 0.445. The Hall–Kier alpha value is -6.18. The number of benzene rings is 8. The summed E-state index contributed by atoms with van der Waals surface area (Å²) in [6.07, 6.45) is 6.54. The molecule has 0 N–H and O–H groups in total. The van der Waals surface area contributed by atoms with E-state index >= 15 is 0 Å². The first kappa shape index (κ1) is 34.3. The smallest absolute Gasteiger partial charge is 0.0540 e. The zero-order chi connectivity index (χ0) is 37.6. The minimum atomic E-state index is -0.0350. The number of anilines is 3. The van der Waals surface area contributed by atoms with Crippen LogP contribution in [0.5, 0.6) is 0 Å². The summed E-state index contributed by atoms with van der Waals surface area (Å²) in [6.45, 7) is 4.72. The molecule has 272 valence electrons. The fourth-order valence-electron chi connectivity index (χ4n) is 9.79. The van der Waals surface area contributed by atoms with E-state index in [0.29, 0.717) is 5.92 Å². The Morgan fingerprint density at radius 1 is 0.429 bits per heavy atom. The van der Waals surface area contributed by atoms with Crippen LogP contribution in [0.4, 0.5) is 17.1 Å². The number of nitrogens with zero attached hydrogens (tertiary/aromatic N) is 1. The van der Waals surface area contributed by atoms with Gasteiger partial charge in [-0.3, -0.25) is 0 Å². The van der Waals surface area contributed by atoms with Gasteiger partial charge >= 0.3 is 0 Å². The molecule has 2 aliphatic rings. The first-order valence-electron chi connectivity index (χ1n) is 20.5. The van der Waals surface area contributed by atoms with E-state index in [1.54, 1.807) is 0 Å². The van der Waals surface area contributed by atoms with Crippen LogP contribution in [-0.4, -0.2) is 0 Å². The molecular formula is C55H47N. The lowest BCUT2D eigenvalue weighted by Crippen LogP contribution is -2.14. The van der Waals surface area contributed by atoms with Crippen molar-refractivity contribution in [3.05, 3.63) is 199 Å². The Kier molecular flexibility index (Phi) is 8.67. The lowest BCUT2D eigenvalue weighted by Gasteiger charge is -2.29. The third-order valence-electron chi connectivity index (χ3n) is 12.7. The number of hydrogen-bond acceptors (Lipinski definition) is 1. The highest BCUT2D eigenvalue weighted by Crippen LogP contribution is 2.50. The van der Waals surface area contributed by atoms with Crippen molar-refractivity contribution in [1.29, 1.82) is 0 Å². The molecule has 0 amide bonds. The SMILES string of the molecule is CC1(C)c2ccccc2-c2ccc(-c3ccc(N(c4ccc(-c5ccccc5)cc4)c4ccccc4-c4cccc5cccc(C6CCCCC6)c45)cc3)cc21. The first-order valence-corrected chi connectivity index (χ1v) is 20.5. The molecule has 0 heterocycles. The van der Waals surface area contributed by atoms with Crippen molar-refractivity contribution in [3.63, 3.8) is 0 Å². The summed E-state index contributed by atoms with van der Waals surface area (Å²) in [4.78, 5) is 2.46. The Labute approximate surface area is 331 Å². The van der Waals surface area contributed by atoms with Gasteiger partial charge in [-0.1, -0.05) is 179 Å². The topological polar surface area (TPSA) is 3.24 Å². The summed E-state index contributed by atoms with van der Waals surface area (Å²) in [5, 5.41) is 2.73. The third-order valence-corrected chi connectivity index (χ3v) is 12.7. The minimum Gasteiger partial charge on any atom is -0.310 e. The molecule has 0 radical (unpaired) electrons. The van der Waals surface area contributed by atoms with Crippen molar-refractivity contribution in [2.24, 2.45) is 0 Å². The van der Waals surface area contributed by atoms with Gasteiger partial charge < -0.3 is 4.90 Å². The van der Waals surface area contributed by atoms with E-state index in [2.05, 4.69) is 201 Å². The van der Waals surface area contributed by atoms with Gasteiger partial charge in [0.15, 0.2) is 0 Å². The number of hydrogen-bond donors (Lipinski definition) is 0. The molecular weight excluding hydrogens is 675 g/mol. The van der Waals surface area contributed by atoms with Gasteiger partial charge in [-0.2, -0.15) is 0 Å². The van der Waals surface area contributed by atoms with E-state index in [9.17, 15) is 0 Å². The second-order valence-electron chi connectivity index (χ2n) is 16.3. The molecule has 0 aromatic heterocycles. The molecule has 2 aliphatic carbocycles. The Morgan fingerprint density at radius 3 is 1.71 bits per heavy atom. The molecule has 0 atom stereocenters. The van der Waals surface area contributed by atoms with Crippen LogP contribution in [0.1, 0.15) is 68.6 Å². The molecule has 1 heteroatoms. The standard InChI is InChI=1S/C55H47N/c1-55(2)51-25-11-9-21-47(51)48-36-31-43(37-52(48)55)40-29-34-45(35-30-40)56(44-32-27-39(28-33-44)38-15-5-3-6-16-38)53-26-12-10-22-49(53)50-24-14-20-42-19-13-23-46(54(42)50)41-17-7-4-8-18-41/h3,5-6,9-16,19-37,41H,4,7-8,17-18H2,1-2H3. The summed E-state index contributed by atoms with van der Waals surface area (Å²) in [7, 11) is 0. The number of fused-ring (bicyclic) bond motifs is 4. The molecule has 1 saturated carbocycles. The van der Waals surface area contributed by atoms with Crippen LogP contribution in [0.2, 0.25) is 0 Å². The Bertz CT molecular complexity index is 2670. The van der Waals surface area contributed by atoms with Crippen LogP contribution in [-0.2, 0) is 5.41 Å². The highest BCUT2D eigenvalue weighted by atomic mass is 15.1. The maximum absolute atomic E-state index is 2.46. The van der Waals surface area contributed by atoms with Crippen LogP contribution in [0.3, 0.4) is 0 Å². The van der Waals surface area contributed by atoms with Crippen molar-refractivity contribution in [2.75, 3.05) is 4.90 Å². The molecule has 8 aromatic carbocycles. The maximum atomic E-state index is 2.46. The molecule has 0 spiro atoms. The second-order valence-corrected chi connectivity index (χ2v) is 16.3. The molecule has 0 aliphatic heterocycles. The molecule has 1 nitrogen and oxygen atoms in total. The normalized spacial score (nSPS) is 14.7. The van der Waals surface area contributed by atoms with Gasteiger partial charge in [0.1, 0.15) is 0 Å². The van der Waals surface area contributed by atoms with Gasteiger partial charge in [0, 0.05) is 22.4 Å². The third kappa shape index (κ3) is 5.94. The summed E-state index contributed by atoms with van der Waals surface area (Å²) in [6, 6.07) is 67.8. The van der Waals surface area contributed by atoms with Crippen LogP contribution in [0, 0.1) is 0 Å². The average molecular weight is 722 g/mol. The quantitative estimate of drug-likeness (QED) is 0.158. The second kappa shape index (κ2) is 14.2. The van der Waals surface area contributed by atoms with Gasteiger partial charge in [-0.05, 0) is 122 Å². The summed E-state index contributed by atoms with van der Waals surface area (Å²) < 4.78 is 0. The average Bonchev–Trinajstić information content (AvgIpc) is 3.50. The lowest BCUT2D eigenvalue weighted by atomic mass is 9.80. The molecule has 56 heavy (non-hydrogen) atoms. The molecule has 0 bridgehead atoms. The van der Waals surface area contributed by atoms with Gasteiger partial charge in [0.05, 0.1) is 5.69 Å². The van der Waals surface area contributed by atoms with Crippen molar-refractivity contribution >= 4 is 27.8 Å².